The molecule has 0 saturated heterocycles. The predicted molar refractivity (Wildman–Crippen MR) is 69.7 cm³/mol. The summed E-state index contributed by atoms with van der Waals surface area (Å²) in [6.07, 6.45) is 0.0142. The quantitative estimate of drug-likeness (QED) is 0.585. The number of carbonyl (C=O) groups is 2. The maximum Gasteiger partial charge on any atom is 0.407 e. The lowest BCUT2D eigenvalue weighted by Crippen LogP contribution is -2.46. The van der Waals surface area contributed by atoms with Gasteiger partial charge in [0.15, 0.2) is 9.84 Å². The first-order chi connectivity index (χ1) is 9.32. The fourth-order valence-corrected chi connectivity index (χ4v) is 2.88. The van der Waals surface area contributed by atoms with Crippen molar-refractivity contribution in [2.24, 2.45) is 0 Å². The summed E-state index contributed by atoms with van der Waals surface area (Å²) >= 11 is 0. The molecule has 0 bridgehead atoms. The molecule has 114 valence electrons. The van der Waals surface area contributed by atoms with E-state index in [0.717, 1.165) is 0 Å². The third kappa shape index (κ3) is 8.31. The number of aliphatic carboxylic acids is 1. The second-order valence-electron chi connectivity index (χ2n) is 4.05. The summed E-state index contributed by atoms with van der Waals surface area (Å²) in [5.74, 6) is -2.27. The number of nitrogens with zero attached hydrogens (tertiary/aromatic N) is 1. The first kappa shape index (κ1) is 18.2. The van der Waals surface area contributed by atoms with E-state index in [1.807, 2.05) is 12.2 Å². The van der Waals surface area contributed by atoms with Crippen molar-refractivity contribution in [2.45, 2.75) is 32.2 Å². The highest BCUT2D eigenvalue weighted by Crippen LogP contribution is 2.01. The Bertz CT molecular complexity index is 468. The van der Waals surface area contributed by atoms with Crippen LogP contribution in [-0.2, 0) is 19.4 Å². The van der Waals surface area contributed by atoms with Crippen molar-refractivity contribution < 1.29 is 27.9 Å². The Morgan fingerprint density at radius 2 is 2.10 bits per heavy atom. The van der Waals surface area contributed by atoms with Crippen LogP contribution in [0.4, 0.5) is 4.79 Å². The molecule has 8 nitrogen and oxygen atoms in total. The van der Waals surface area contributed by atoms with Crippen molar-refractivity contribution in [3.8, 4) is 6.07 Å². The molecule has 20 heavy (non-hydrogen) atoms. The van der Waals surface area contributed by atoms with E-state index in [-0.39, 0.29) is 18.8 Å². The van der Waals surface area contributed by atoms with Gasteiger partial charge in [0.25, 0.3) is 0 Å². The zero-order valence-corrected chi connectivity index (χ0v) is 12.0. The number of carboxylic acid groups (broad SMARTS) is 1. The van der Waals surface area contributed by atoms with Crippen molar-refractivity contribution in [2.75, 3.05) is 18.1 Å². The van der Waals surface area contributed by atoms with Crippen LogP contribution in [-0.4, -0.2) is 49.7 Å². The van der Waals surface area contributed by atoms with Gasteiger partial charge in [0.1, 0.15) is 12.6 Å². The Kier molecular flexibility index (Phi) is 8.31. The normalized spacial score (nSPS) is 12.2. The predicted octanol–water partition coefficient (Wildman–Crippen LogP) is 0.294. The fraction of sp³-hybridized carbons (Fsp3) is 0.727. The van der Waals surface area contributed by atoms with E-state index in [1.165, 1.54) is 0 Å². The van der Waals surface area contributed by atoms with Crippen molar-refractivity contribution in [3.63, 3.8) is 0 Å². The summed E-state index contributed by atoms with van der Waals surface area (Å²) in [5.41, 5.74) is 0. The monoisotopic (exact) mass is 306 g/mol. The molecule has 9 heteroatoms. The molecule has 1 amide bonds. The van der Waals surface area contributed by atoms with Crippen LogP contribution in [0.25, 0.3) is 0 Å². The Balaban J connectivity index is 4.48. The molecule has 0 aromatic carbocycles. The average molecular weight is 306 g/mol. The molecule has 0 aliphatic carbocycles. The van der Waals surface area contributed by atoms with E-state index < -0.39 is 33.7 Å². The molecule has 0 aromatic heterocycles. The minimum atomic E-state index is -3.56. The van der Waals surface area contributed by atoms with Crippen molar-refractivity contribution in [3.05, 3.63) is 0 Å². The van der Waals surface area contributed by atoms with Gasteiger partial charge in [-0.25, -0.2) is 18.0 Å². The van der Waals surface area contributed by atoms with Crippen LogP contribution in [0.1, 0.15) is 26.2 Å². The molecule has 0 heterocycles. The smallest absolute Gasteiger partial charge is 0.407 e. The zero-order valence-electron chi connectivity index (χ0n) is 11.2. The van der Waals surface area contributed by atoms with Crippen LogP contribution >= 0.6 is 0 Å². The molecule has 0 radical (unpaired) electrons. The average Bonchev–Trinajstić information content (AvgIpc) is 2.35. The number of nitriles is 1. The maximum absolute atomic E-state index is 11.6. The van der Waals surface area contributed by atoms with Crippen LogP contribution in [0.5, 0.6) is 0 Å². The number of hydrogen-bond acceptors (Lipinski definition) is 6. The SMILES string of the molecule is CCCCS(=O)(=O)C[C@@H](NC(=O)OCCC#N)C(=O)O. The van der Waals surface area contributed by atoms with E-state index >= 15 is 0 Å². The minimum Gasteiger partial charge on any atom is -0.480 e. The zero-order chi connectivity index (χ0) is 15.6. The lowest BCUT2D eigenvalue weighted by Gasteiger charge is -2.14. The van der Waals surface area contributed by atoms with Crippen molar-refractivity contribution in [1.29, 1.82) is 5.26 Å². The van der Waals surface area contributed by atoms with E-state index in [2.05, 4.69) is 4.74 Å². The van der Waals surface area contributed by atoms with Gasteiger partial charge in [-0.05, 0) is 6.42 Å². The highest BCUT2D eigenvalue weighted by Gasteiger charge is 2.27. The number of rotatable bonds is 9. The summed E-state index contributed by atoms with van der Waals surface area (Å²) in [6.45, 7) is 1.63. The standard InChI is InChI=1S/C11H18N2O6S/c1-2-3-7-20(17,18)8-9(10(14)15)13-11(16)19-6-4-5-12/h9H,2-4,6-8H2,1H3,(H,13,16)(H,14,15)/t9-/m1/s1. The van der Waals surface area contributed by atoms with E-state index in [1.54, 1.807) is 6.07 Å². The van der Waals surface area contributed by atoms with Crippen molar-refractivity contribution >= 4 is 21.9 Å². The van der Waals surface area contributed by atoms with Crippen LogP contribution in [0.3, 0.4) is 0 Å². The highest BCUT2D eigenvalue weighted by molar-refractivity contribution is 7.91. The number of ether oxygens (including phenoxy) is 1. The van der Waals surface area contributed by atoms with Gasteiger partial charge < -0.3 is 15.2 Å². The first-order valence-electron chi connectivity index (χ1n) is 6.06. The topological polar surface area (TPSA) is 134 Å². The Labute approximate surface area is 117 Å². The number of carbonyl (C=O) groups excluding carboxylic acids is 1. The van der Waals surface area contributed by atoms with E-state index in [9.17, 15) is 18.0 Å². The molecule has 0 spiro atoms. The number of unbranched alkanes of at least 4 members (excludes halogenated alkanes) is 1. The number of carboxylic acids is 1. The van der Waals surface area contributed by atoms with Gasteiger partial charge in [0.2, 0.25) is 0 Å². The number of hydrogen-bond donors (Lipinski definition) is 2. The van der Waals surface area contributed by atoms with Gasteiger partial charge in [0.05, 0.1) is 24.0 Å². The molecular weight excluding hydrogens is 288 g/mol. The van der Waals surface area contributed by atoms with E-state index in [4.69, 9.17) is 10.4 Å². The van der Waals surface area contributed by atoms with Gasteiger partial charge in [0, 0.05) is 0 Å². The van der Waals surface area contributed by atoms with Crippen LogP contribution in [0.15, 0.2) is 0 Å². The van der Waals surface area contributed by atoms with Gasteiger partial charge in [-0.15, -0.1) is 0 Å². The Hall–Kier alpha value is -1.82. The summed E-state index contributed by atoms with van der Waals surface area (Å²) in [4.78, 5) is 22.2. The van der Waals surface area contributed by atoms with Crippen molar-refractivity contribution in [1.82, 2.24) is 5.32 Å². The van der Waals surface area contributed by atoms with Gasteiger partial charge in [-0.2, -0.15) is 5.26 Å². The molecule has 0 unspecified atom stereocenters. The molecule has 0 saturated carbocycles. The Morgan fingerprint density at radius 1 is 1.45 bits per heavy atom. The second-order valence-corrected chi connectivity index (χ2v) is 6.28. The molecule has 0 aliphatic rings. The molecule has 1 atom stereocenters. The third-order valence-electron chi connectivity index (χ3n) is 2.27. The van der Waals surface area contributed by atoms with Gasteiger partial charge >= 0.3 is 12.1 Å². The number of sulfone groups is 1. The fourth-order valence-electron chi connectivity index (χ4n) is 1.25. The largest absolute Gasteiger partial charge is 0.480 e. The molecule has 0 fully saturated rings. The first-order valence-corrected chi connectivity index (χ1v) is 7.88. The van der Waals surface area contributed by atoms with Gasteiger partial charge in [-0.1, -0.05) is 13.3 Å². The number of alkyl carbamates (subject to hydrolysis) is 1. The number of amides is 1. The minimum absolute atomic E-state index is 0.0278. The van der Waals surface area contributed by atoms with Crippen LogP contribution in [0, 0.1) is 11.3 Å². The highest BCUT2D eigenvalue weighted by atomic mass is 32.2. The van der Waals surface area contributed by atoms with E-state index in [0.29, 0.717) is 12.8 Å². The molecular formula is C11H18N2O6S. The molecule has 0 aromatic rings. The maximum atomic E-state index is 11.6. The Morgan fingerprint density at radius 3 is 2.60 bits per heavy atom. The molecule has 2 N–H and O–H groups in total. The summed E-state index contributed by atoms with van der Waals surface area (Å²) < 4.78 is 27.8. The second kappa shape index (κ2) is 9.14. The van der Waals surface area contributed by atoms with Crippen LogP contribution < -0.4 is 5.32 Å². The third-order valence-corrected chi connectivity index (χ3v) is 4.02. The van der Waals surface area contributed by atoms with Crippen LogP contribution in [0.2, 0.25) is 0 Å². The summed E-state index contributed by atoms with van der Waals surface area (Å²) in [7, 11) is -3.56. The number of nitrogens with one attached hydrogen (secondary N) is 1. The van der Waals surface area contributed by atoms with Gasteiger partial charge in [-0.3, -0.25) is 0 Å². The lowest BCUT2D eigenvalue weighted by atomic mass is 10.3. The summed E-state index contributed by atoms with van der Waals surface area (Å²) in [5, 5.41) is 19.1. The summed E-state index contributed by atoms with van der Waals surface area (Å²) in [6, 6.07) is 0.180. The molecule has 0 aliphatic heterocycles. The lowest BCUT2D eigenvalue weighted by molar-refractivity contribution is -0.138. The molecule has 0 rings (SSSR count).